The van der Waals surface area contributed by atoms with Crippen LogP contribution in [0.15, 0.2) is 22.6 Å². The van der Waals surface area contributed by atoms with Gasteiger partial charge < -0.3 is 19.9 Å². The molecule has 1 unspecified atom stereocenters. The van der Waals surface area contributed by atoms with Gasteiger partial charge in [-0.2, -0.15) is 0 Å². The lowest BCUT2D eigenvalue weighted by atomic mass is 10.1. The first-order chi connectivity index (χ1) is 7.93. The van der Waals surface area contributed by atoms with Crippen LogP contribution in [0.5, 0.6) is 0 Å². The van der Waals surface area contributed by atoms with E-state index in [4.69, 9.17) is 9.52 Å². The molecular formula is C12H17NO4. The molecule has 1 atom stereocenters. The third-order valence-corrected chi connectivity index (χ3v) is 2.14. The molecule has 0 saturated carbocycles. The molecule has 0 aliphatic heterocycles. The molecule has 0 aliphatic rings. The largest absolute Gasteiger partial charge is 0.462 e. The molecule has 3 N–H and O–H groups in total. The van der Waals surface area contributed by atoms with E-state index < -0.39 is 12.2 Å². The minimum atomic E-state index is -1.30. The molecule has 0 spiro atoms. The van der Waals surface area contributed by atoms with Gasteiger partial charge in [-0.25, -0.2) is 0 Å². The predicted molar refractivity (Wildman–Crippen MR) is 63.2 cm³/mol. The molecule has 0 fully saturated rings. The van der Waals surface area contributed by atoms with E-state index in [9.17, 15) is 9.90 Å². The van der Waals surface area contributed by atoms with Crippen molar-refractivity contribution >= 4 is 12.0 Å². The Hall–Kier alpha value is -1.59. The fourth-order valence-electron chi connectivity index (χ4n) is 1.09. The summed E-state index contributed by atoms with van der Waals surface area (Å²) >= 11 is 0. The summed E-state index contributed by atoms with van der Waals surface area (Å²) in [5, 5.41) is 20.7. The van der Waals surface area contributed by atoms with Crippen LogP contribution in [0.1, 0.15) is 18.4 Å². The second-order valence-corrected chi connectivity index (χ2v) is 4.15. The Morgan fingerprint density at radius 2 is 2.29 bits per heavy atom. The number of aliphatic hydroxyl groups excluding tert-OH is 1. The van der Waals surface area contributed by atoms with E-state index in [2.05, 4.69) is 5.32 Å². The quantitative estimate of drug-likeness (QED) is 0.652. The molecule has 1 amide bonds. The maximum Gasteiger partial charge on any atom is 0.244 e. The first-order valence-corrected chi connectivity index (χ1v) is 5.28. The Bertz CT molecular complexity index is 406. The van der Waals surface area contributed by atoms with Crippen molar-refractivity contribution in [3.63, 3.8) is 0 Å². The number of furan rings is 1. The van der Waals surface area contributed by atoms with E-state index in [1.165, 1.54) is 19.1 Å². The summed E-state index contributed by atoms with van der Waals surface area (Å²) in [6, 6.07) is 3.55. The summed E-state index contributed by atoms with van der Waals surface area (Å²) in [4.78, 5) is 11.4. The summed E-state index contributed by atoms with van der Waals surface area (Å²) in [6.07, 6.45) is 2.85. The summed E-state index contributed by atoms with van der Waals surface area (Å²) in [7, 11) is 0. The van der Waals surface area contributed by atoms with E-state index in [-0.39, 0.29) is 12.5 Å². The summed E-state index contributed by atoms with van der Waals surface area (Å²) < 4.78 is 5.24. The normalized spacial score (nSPS) is 14.8. The van der Waals surface area contributed by atoms with E-state index in [1.807, 2.05) is 6.92 Å². The van der Waals surface area contributed by atoms with Crippen molar-refractivity contribution in [2.75, 3.05) is 13.2 Å². The van der Waals surface area contributed by atoms with Crippen LogP contribution in [0.4, 0.5) is 0 Å². The van der Waals surface area contributed by atoms with Gasteiger partial charge in [0, 0.05) is 12.6 Å². The topological polar surface area (TPSA) is 82.7 Å². The lowest BCUT2D eigenvalue weighted by Crippen LogP contribution is -2.42. The lowest BCUT2D eigenvalue weighted by molar-refractivity contribution is -0.117. The molecule has 1 heterocycles. The van der Waals surface area contributed by atoms with Crippen molar-refractivity contribution in [3.05, 3.63) is 29.7 Å². The molecule has 0 aliphatic carbocycles. The van der Waals surface area contributed by atoms with Crippen molar-refractivity contribution in [3.8, 4) is 0 Å². The monoisotopic (exact) mass is 239 g/mol. The van der Waals surface area contributed by atoms with Crippen LogP contribution in [0.3, 0.4) is 0 Å². The number of aliphatic hydroxyl groups is 2. The molecule has 0 saturated heterocycles. The van der Waals surface area contributed by atoms with Gasteiger partial charge in [0.1, 0.15) is 17.1 Å². The number of carbonyl (C=O) groups excluding carboxylic acids is 1. The van der Waals surface area contributed by atoms with Crippen LogP contribution in [0.2, 0.25) is 0 Å². The average Bonchev–Trinajstić information content (AvgIpc) is 2.70. The van der Waals surface area contributed by atoms with Gasteiger partial charge in [-0.3, -0.25) is 4.79 Å². The van der Waals surface area contributed by atoms with Gasteiger partial charge in [-0.15, -0.1) is 0 Å². The van der Waals surface area contributed by atoms with Crippen molar-refractivity contribution in [1.82, 2.24) is 5.32 Å². The van der Waals surface area contributed by atoms with Gasteiger partial charge in [-0.1, -0.05) is 0 Å². The number of aryl methyl sites for hydroxylation is 1. The van der Waals surface area contributed by atoms with E-state index in [1.54, 1.807) is 12.1 Å². The Labute approximate surface area is 99.8 Å². The molecule has 0 bridgehead atoms. The summed E-state index contributed by atoms with van der Waals surface area (Å²) in [6.45, 7) is 2.83. The zero-order valence-electron chi connectivity index (χ0n) is 9.93. The standard InChI is InChI=1S/C12H17NO4/c1-9-3-4-10(17-9)5-6-11(15)13-7-12(2,16)8-14/h3-6,14,16H,7-8H2,1-2H3,(H,13,15). The Balaban J connectivity index is 2.42. The maximum absolute atomic E-state index is 11.4. The molecule has 0 radical (unpaired) electrons. The molecule has 5 heteroatoms. The van der Waals surface area contributed by atoms with E-state index in [0.29, 0.717) is 5.76 Å². The molecule has 0 aromatic carbocycles. The number of hydrogen-bond acceptors (Lipinski definition) is 4. The number of rotatable bonds is 5. The molecule has 5 nitrogen and oxygen atoms in total. The Morgan fingerprint density at radius 3 is 2.82 bits per heavy atom. The highest BCUT2D eigenvalue weighted by atomic mass is 16.3. The van der Waals surface area contributed by atoms with Crippen LogP contribution in [-0.2, 0) is 4.79 Å². The van der Waals surface area contributed by atoms with Gasteiger partial charge >= 0.3 is 0 Å². The minimum Gasteiger partial charge on any atom is -0.462 e. The second kappa shape index (κ2) is 5.65. The SMILES string of the molecule is Cc1ccc(C=CC(=O)NCC(C)(O)CO)o1. The fourth-order valence-corrected chi connectivity index (χ4v) is 1.09. The zero-order valence-corrected chi connectivity index (χ0v) is 9.93. The average molecular weight is 239 g/mol. The van der Waals surface area contributed by atoms with Crippen LogP contribution >= 0.6 is 0 Å². The highest BCUT2D eigenvalue weighted by Crippen LogP contribution is 2.07. The van der Waals surface area contributed by atoms with Gasteiger partial charge in [0.25, 0.3) is 0 Å². The highest BCUT2D eigenvalue weighted by molar-refractivity contribution is 5.91. The van der Waals surface area contributed by atoms with Crippen LogP contribution in [0, 0.1) is 6.92 Å². The molecule has 1 aromatic heterocycles. The molecular weight excluding hydrogens is 222 g/mol. The maximum atomic E-state index is 11.4. The summed E-state index contributed by atoms with van der Waals surface area (Å²) in [5.41, 5.74) is -1.30. The van der Waals surface area contributed by atoms with Crippen molar-refractivity contribution < 1.29 is 19.4 Å². The smallest absolute Gasteiger partial charge is 0.244 e. The lowest BCUT2D eigenvalue weighted by Gasteiger charge is -2.19. The van der Waals surface area contributed by atoms with Gasteiger partial charge in [-0.05, 0) is 32.1 Å². The summed E-state index contributed by atoms with van der Waals surface area (Å²) in [5.74, 6) is 1.01. The highest BCUT2D eigenvalue weighted by Gasteiger charge is 2.18. The second-order valence-electron chi connectivity index (χ2n) is 4.15. The molecule has 1 aromatic rings. The first kappa shape index (κ1) is 13.5. The minimum absolute atomic E-state index is 0.0101. The van der Waals surface area contributed by atoms with Gasteiger partial charge in [0.05, 0.1) is 6.61 Å². The van der Waals surface area contributed by atoms with Crippen LogP contribution in [0.25, 0.3) is 6.08 Å². The van der Waals surface area contributed by atoms with E-state index in [0.717, 1.165) is 5.76 Å². The Kier molecular flexibility index (Phi) is 4.48. The fraction of sp³-hybridized carbons (Fsp3) is 0.417. The van der Waals surface area contributed by atoms with Crippen molar-refractivity contribution in [2.24, 2.45) is 0 Å². The zero-order chi connectivity index (χ0) is 12.9. The van der Waals surface area contributed by atoms with Gasteiger partial charge in [0.2, 0.25) is 5.91 Å². The number of nitrogens with one attached hydrogen (secondary N) is 1. The van der Waals surface area contributed by atoms with Crippen LogP contribution in [-0.4, -0.2) is 34.9 Å². The van der Waals surface area contributed by atoms with Gasteiger partial charge in [0.15, 0.2) is 0 Å². The number of amides is 1. The molecule has 1 rings (SSSR count). The molecule has 17 heavy (non-hydrogen) atoms. The van der Waals surface area contributed by atoms with Crippen LogP contribution < -0.4 is 5.32 Å². The number of hydrogen-bond donors (Lipinski definition) is 3. The first-order valence-electron chi connectivity index (χ1n) is 5.28. The third kappa shape index (κ3) is 4.84. The Morgan fingerprint density at radius 1 is 1.59 bits per heavy atom. The third-order valence-electron chi connectivity index (χ3n) is 2.14. The molecule has 94 valence electrons. The number of carbonyl (C=O) groups is 1. The van der Waals surface area contributed by atoms with Crippen molar-refractivity contribution in [2.45, 2.75) is 19.4 Å². The predicted octanol–water partition coefficient (Wildman–Crippen LogP) is 0.461. The van der Waals surface area contributed by atoms with Crippen molar-refractivity contribution in [1.29, 1.82) is 0 Å². The van der Waals surface area contributed by atoms with E-state index >= 15 is 0 Å².